The molecule has 0 N–H and O–H groups in total. The van der Waals surface area contributed by atoms with Crippen LogP contribution in [0.1, 0.15) is 21.5 Å². The summed E-state index contributed by atoms with van der Waals surface area (Å²) < 4.78 is 10.8. The Kier molecular flexibility index (Phi) is 4.31. The molecule has 0 spiro atoms. The maximum atomic E-state index is 11.0. The Morgan fingerprint density at radius 3 is 2.74 bits per heavy atom. The minimum Gasteiger partial charge on any atom is -0.457 e. The van der Waals surface area contributed by atoms with E-state index in [0.29, 0.717) is 23.7 Å². The Balaban J connectivity index is 2.25. The third kappa shape index (κ3) is 3.42. The molecule has 0 aliphatic rings. The molecule has 0 fully saturated rings. The van der Waals surface area contributed by atoms with Crippen molar-refractivity contribution in [2.45, 2.75) is 13.5 Å². The SMILES string of the molecule is COCc1cccc(Oc2ccc(C)cc2C=O)c1. The van der Waals surface area contributed by atoms with Crippen LogP contribution >= 0.6 is 0 Å². The van der Waals surface area contributed by atoms with E-state index >= 15 is 0 Å². The summed E-state index contributed by atoms with van der Waals surface area (Å²) in [5.41, 5.74) is 2.61. The van der Waals surface area contributed by atoms with E-state index in [1.807, 2.05) is 43.3 Å². The molecule has 2 rings (SSSR count). The van der Waals surface area contributed by atoms with Crippen molar-refractivity contribution in [2.24, 2.45) is 0 Å². The Morgan fingerprint density at radius 2 is 2.00 bits per heavy atom. The van der Waals surface area contributed by atoms with E-state index in [0.717, 1.165) is 17.4 Å². The van der Waals surface area contributed by atoms with E-state index < -0.39 is 0 Å². The first-order chi connectivity index (χ1) is 9.22. The quantitative estimate of drug-likeness (QED) is 0.764. The number of carbonyl (C=O) groups excluding carboxylic acids is 1. The van der Waals surface area contributed by atoms with E-state index in [9.17, 15) is 4.79 Å². The van der Waals surface area contributed by atoms with Crippen molar-refractivity contribution in [3.05, 3.63) is 59.2 Å². The Morgan fingerprint density at radius 1 is 1.16 bits per heavy atom. The molecule has 2 aromatic carbocycles. The zero-order valence-electron chi connectivity index (χ0n) is 11.1. The fourth-order valence-electron chi connectivity index (χ4n) is 1.85. The average Bonchev–Trinajstić information content (AvgIpc) is 2.41. The highest BCUT2D eigenvalue weighted by Crippen LogP contribution is 2.26. The highest BCUT2D eigenvalue weighted by molar-refractivity contribution is 5.79. The van der Waals surface area contributed by atoms with Gasteiger partial charge in [0, 0.05) is 7.11 Å². The summed E-state index contributed by atoms with van der Waals surface area (Å²) in [7, 11) is 1.65. The number of benzene rings is 2. The molecule has 3 heteroatoms. The van der Waals surface area contributed by atoms with Crippen LogP contribution in [-0.2, 0) is 11.3 Å². The Labute approximate surface area is 112 Å². The van der Waals surface area contributed by atoms with Crippen molar-refractivity contribution in [3.8, 4) is 11.5 Å². The molecule has 19 heavy (non-hydrogen) atoms. The number of carbonyl (C=O) groups is 1. The van der Waals surface area contributed by atoms with Crippen LogP contribution in [0.15, 0.2) is 42.5 Å². The van der Waals surface area contributed by atoms with Gasteiger partial charge in [-0.3, -0.25) is 4.79 Å². The number of rotatable bonds is 5. The lowest BCUT2D eigenvalue weighted by Crippen LogP contribution is -1.93. The van der Waals surface area contributed by atoms with Crippen LogP contribution in [0.3, 0.4) is 0 Å². The van der Waals surface area contributed by atoms with E-state index in [1.165, 1.54) is 0 Å². The lowest BCUT2D eigenvalue weighted by Gasteiger charge is -2.09. The summed E-state index contributed by atoms with van der Waals surface area (Å²) in [6, 6.07) is 13.2. The maximum Gasteiger partial charge on any atom is 0.153 e. The van der Waals surface area contributed by atoms with Crippen molar-refractivity contribution >= 4 is 6.29 Å². The molecular formula is C16H16O3. The normalized spacial score (nSPS) is 10.2. The van der Waals surface area contributed by atoms with E-state index in [1.54, 1.807) is 13.2 Å². The van der Waals surface area contributed by atoms with E-state index in [4.69, 9.17) is 9.47 Å². The first kappa shape index (κ1) is 13.3. The van der Waals surface area contributed by atoms with E-state index in [-0.39, 0.29) is 0 Å². The third-order valence-electron chi connectivity index (χ3n) is 2.73. The van der Waals surface area contributed by atoms with Gasteiger partial charge < -0.3 is 9.47 Å². The lowest BCUT2D eigenvalue weighted by atomic mass is 10.1. The molecule has 0 bridgehead atoms. The Bertz CT molecular complexity index is 576. The van der Waals surface area contributed by atoms with Crippen LogP contribution in [-0.4, -0.2) is 13.4 Å². The van der Waals surface area contributed by atoms with Crippen LogP contribution in [0.5, 0.6) is 11.5 Å². The van der Waals surface area contributed by atoms with Gasteiger partial charge >= 0.3 is 0 Å². The van der Waals surface area contributed by atoms with Crippen molar-refractivity contribution in [2.75, 3.05) is 7.11 Å². The summed E-state index contributed by atoms with van der Waals surface area (Å²) in [6.45, 7) is 2.47. The highest BCUT2D eigenvalue weighted by Gasteiger charge is 2.05. The summed E-state index contributed by atoms with van der Waals surface area (Å²) in [5, 5.41) is 0. The number of hydrogen-bond donors (Lipinski definition) is 0. The largest absolute Gasteiger partial charge is 0.457 e. The molecule has 2 aromatic rings. The number of hydrogen-bond acceptors (Lipinski definition) is 3. The molecule has 0 aliphatic heterocycles. The number of aryl methyl sites for hydroxylation is 1. The van der Waals surface area contributed by atoms with Crippen molar-refractivity contribution in [1.29, 1.82) is 0 Å². The molecule has 98 valence electrons. The van der Waals surface area contributed by atoms with Gasteiger partial charge in [-0.15, -0.1) is 0 Å². The predicted octanol–water partition coefficient (Wildman–Crippen LogP) is 3.75. The Hall–Kier alpha value is -2.13. The van der Waals surface area contributed by atoms with Gasteiger partial charge in [-0.25, -0.2) is 0 Å². The second-order valence-corrected chi connectivity index (χ2v) is 4.34. The van der Waals surface area contributed by atoms with Crippen LogP contribution in [0.2, 0.25) is 0 Å². The first-order valence-electron chi connectivity index (χ1n) is 6.04. The van der Waals surface area contributed by atoms with Gasteiger partial charge in [-0.05, 0) is 36.8 Å². The maximum absolute atomic E-state index is 11.0. The van der Waals surface area contributed by atoms with Crippen LogP contribution < -0.4 is 4.74 Å². The number of methoxy groups -OCH3 is 1. The monoisotopic (exact) mass is 256 g/mol. The lowest BCUT2D eigenvalue weighted by molar-refractivity contribution is 0.112. The minimum absolute atomic E-state index is 0.533. The summed E-state index contributed by atoms with van der Waals surface area (Å²) in [6.07, 6.45) is 0.807. The van der Waals surface area contributed by atoms with E-state index in [2.05, 4.69) is 0 Å². The van der Waals surface area contributed by atoms with Crippen LogP contribution in [0.25, 0.3) is 0 Å². The molecular weight excluding hydrogens is 240 g/mol. The molecule has 0 saturated heterocycles. The fraction of sp³-hybridized carbons (Fsp3) is 0.188. The van der Waals surface area contributed by atoms with Gasteiger partial charge in [-0.1, -0.05) is 23.8 Å². The molecule has 0 unspecified atom stereocenters. The fourth-order valence-corrected chi connectivity index (χ4v) is 1.85. The number of ether oxygens (including phenoxy) is 2. The van der Waals surface area contributed by atoms with Gasteiger partial charge in [-0.2, -0.15) is 0 Å². The molecule has 0 atom stereocenters. The molecule has 0 amide bonds. The molecule has 0 radical (unpaired) electrons. The summed E-state index contributed by atoms with van der Waals surface area (Å²) in [5.74, 6) is 1.26. The smallest absolute Gasteiger partial charge is 0.153 e. The second-order valence-electron chi connectivity index (χ2n) is 4.34. The molecule has 0 aromatic heterocycles. The zero-order valence-corrected chi connectivity index (χ0v) is 11.1. The summed E-state index contributed by atoms with van der Waals surface area (Å²) in [4.78, 5) is 11.0. The van der Waals surface area contributed by atoms with Crippen LogP contribution in [0.4, 0.5) is 0 Å². The average molecular weight is 256 g/mol. The topological polar surface area (TPSA) is 35.5 Å². The van der Waals surface area contributed by atoms with Crippen molar-refractivity contribution < 1.29 is 14.3 Å². The van der Waals surface area contributed by atoms with Crippen LogP contribution in [0, 0.1) is 6.92 Å². The second kappa shape index (κ2) is 6.16. The van der Waals surface area contributed by atoms with Gasteiger partial charge in [0.1, 0.15) is 11.5 Å². The molecule has 0 aliphatic carbocycles. The van der Waals surface area contributed by atoms with Crippen molar-refractivity contribution in [3.63, 3.8) is 0 Å². The van der Waals surface area contributed by atoms with Crippen molar-refractivity contribution in [1.82, 2.24) is 0 Å². The van der Waals surface area contributed by atoms with Gasteiger partial charge in [0.15, 0.2) is 6.29 Å². The zero-order chi connectivity index (χ0) is 13.7. The molecule has 0 heterocycles. The number of aldehydes is 1. The van der Waals surface area contributed by atoms with Gasteiger partial charge in [0.05, 0.1) is 12.2 Å². The minimum atomic E-state index is 0.533. The third-order valence-corrected chi connectivity index (χ3v) is 2.73. The molecule has 0 saturated carbocycles. The van der Waals surface area contributed by atoms with Gasteiger partial charge in [0.2, 0.25) is 0 Å². The predicted molar refractivity (Wildman–Crippen MR) is 73.8 cm³/mol. The highest BCUT2D eigenvalue weighted by atomic mass is 16.5. The summed E-state index contributed by atoms with van der Waals surface area (Å²) >= 11 is 0. The van der Waals surface area contributed by atoms with Gasteiger partial charge in [0.25, 0.3) is 0 Å². The first-order valence-corrected chi connectivity index (χ1v) is 6.04. The standard InChI is InChI=1S/C16H16O3/c1-12-6-7-16(14(8-12)10-17)19-15-5-3-4-13(9-15)11-18-2/h3-10H,11H2,1-2H3. The molecule has 3 nitrogen and oxygen atoms in total.